The van der Waals surface area contributed by atoms with Gasteiger partial charge in [0.1, 0.15) is 5.75 Å². The molecule has 0 spiro atoms. The molecule has 1 fully saturated rings. The number of para-hydroxylation sites is 2. The fourth-order valence-electron chi connectivity index (χ4n) is 3.61. The van der Waals surface area contributed by atoms with Crippen molar-refractivity contribution >= 4 is 17.4 Å². The number of nitrogens with zero attached hydrogens (tertiary/aromatic N) is 2. The summed E-state index contributed by atoms with van der Waals surface area (Å²) in [5.41, 5.74) is 3.06. The van der Waals surface area contributed by atoms with Crippen molar-refractivity contribution in [1.29, 1.82) is 0 Å². The third-order valence-electron chi connectivity index (χ3n) is 5.19. The maximum absolute atomic E-state index is 12.5. The summed E-state index contributed by atoms with van der Waals surface area (Å²) in [7, 11) is 5.67. The molecule has 0 aromatic heterocycles. The van der Waals surface area contributed by atoms with Crippen LogP contribution in [0.3, 0.4) is 0 Å². The van der Waals surface area contributed by atoms with Gasteiger partial charge in [-0.15, -0.1) is 0 Å². The summed E-state index contributed by atoms with van der Waals surface area (Å²) >= 11 is 0. The Morgan fingerprint density at radius 2 is 1.79 bits per heavy atom. The first-order valence-electron chi connectivity index (χ1n) is 9.77. The van der Waals surface area contributed by atoms with Crippen LogP contribution < -0.4 is 20.3 Å². The van der Waals surface area contributed by atoms with Crippen LogP contribution in [0.4, 0.5) is 16.2 Å². The molecule has 2 aromatic carbocycles. The molecule has 2 aromatic rings. The standard InChI is InChI=1S/C22H30N4O2/c1-25(2)18-12-10-17(11-13-18)20(26-14-6-7-15-26)16-23-22(27)24-19-8-4-5-9-21(19)28-3/h4-5,8-13,20H,6-7,14-16H2,1-3H3,(H2,23,24,27)/t20-/m1/s1. The highest BCUT2D eigenvalue weighted by Crippen LogP contribution is 2.27. The fourth-order valence-corrected chi connectivity index (χ4v) is 3.61. The Labute approximate surface area is 167 Å². The van der Waals surface area contributed by atoms with Gasteiger partial charge in [-0.05, 0) is 55.8 Å². The van der Waals surface area contributed by atoms with Gasteiger partial charge in [0.05, 0.1) is 18.8 Å². The highest BCUT2D eigenvalue weighted by atomic mass is 16.5. The number of likely N-dealkylation sites (tertiary alicyclic amines) is 1. The molecule has 1 aliphatic rings. The van der Waals surface area contributed by atoms with Crippen molar-refractivity contribution in [2.45, 2.75) is 18.9 Å². The van der Waals surface area contributed by atoms with E-state index in [0.29, 0.717) is 18.0 Å². The van der Waals surface area contributed by atoms with Crippen LogP contribution >= 0.6 is 0 Å². The van der Waals surface area contributed by atoms with Crippen LogP contribution in [0.15, 0.2) is 48.5 Å². The molecule has 28 heavy (non-hydrogen) atoms. The lowest BCUT2D eigenvalue weighted by atomic mass is 10.0. The number of methoxy groups -OCH3 is 1. The molecule has 0 unspecified atom stereocenters. The summed E-state index contributed by atoms with van der Waals surface area (Å²) < 4.78 is 5.30. The van der Waals surface area contributed by atoms with Gasteiger partial charge in [-0.25, -0.2) is 4.79 Å². The second kappa shape index (κ2) is 9.46. The molecule has 0 radical (unpaired) electrons. The van der Waals surface area contributed by atoms with Gasteiger partial charge in [-0.1, -0.05) is 24.3 Å². The molecule has 6 heteroatoms. The normalized spacial score (nSPS) is 15.1. The van der Waals surface area contributed by atoms with Crippen LogP contribution in [0.1, 0.15) is 24.4 Å². The summed E-state index contributed by atoms with van der Waals surface area (Å²) in [6, 6.07) is 15.9. The maximum atomic E-state index is 12.5. The average Bonchev–Trinajstić information content (AvgIpc) is 3.23. The number of urea groups is 1. The molecule has 1 aliphatic heterocycles. The minimum atomic E-state index is -0.224. The van der Waals surface area contributed by atoms with E-state index in [2.05, 4.69) is 44.7 Å². The van der Waals surface area contributed by atoms with Crippen molar-refractivity contribution in [1.82, 2.24) is 10.2 Å². The molecule has 0 saturated carbocycles. The lowest BCUT2D eigenvalue weighted by Crippen LogP contribution is -2.38. The van der Waals surface area contributed by atoms with E-state index in [-0.39, 0.29) is 12.1 Å². The van der Waals surface area contributed by atoms with Crippen LogP contribution in [-0.2, 0) is 0 Å². The third kappa shape index (κ3) is 4.95. The summed E-state index contributed by atoms with van der Waals surface area (Å²) in [5, 5.41) is 5.92. The second-order valence-electron chi connectivity index (χ2n) is 7.28. The van der Waals surface area contributed by atoms with Gasteiger partial charge in [0, 0.05) is 26.3 Å². The molecular weight excluding hydrogens is 352 g/mol. The molecule has 2 amide bonds. The Balaban J connectivity index is 1.67. The van der Waals surface area contributed by atoms with Crippen molar-refractivity contribution in [2.24, 2.45) is 0 Å². The number of carbonyl (C=O) groups excluding carboxylic acids is 1. The molecular formula is C22H30N4O2. The SMILES string of the molecule is COc1ccccc1NC(=O)NC[C@H](c1ccc(N(C)C)cc1)N1CCCC1. The summed E-state index contributed by atoms with van der Waals surface area (Å²) in [4.78, 5) is 17.0. The van der Waals surface area contributed by atoms with E-state index in [0.717, 1.165) is 13.1 Å². The predicted molar refractivity (Wildman–Crippen MR) is 114 cm³/mol. The monoisotopic (exact) mass is 382 g/mol. The molecule has 1 heterocycles. The average molecular weight is 383 g/mol. The second-order valence-corrected chi connectivity index (χ2v) is 7.28. The van der Waals surface area contributed by atoms with Gasteiger partial charge in [0.25, 0.3) is 0 Å². The van der Waals surface area contributed by atoms with Gasteiger partial charge in [-0.2, -0.15) is 0 Å². The number of hydrogen-bond donors (Lipinski definition) is 2. The number of benzene rings is 2. The topological polar surface area (TPSA) is 56.8 Å². The van der Waals surface area contributed by atoms with Crippen LogP contribution in [0.2, 0.25) is 0 Å². The minimum Gasteiger partial charge on any atom is -0.495 e. The Morgan fingerprint density at radius 3 is 2.43 bits per heavy atom. The molecule has 150 valence electrons. The smallest absolute Gasteiger partial charge is 0.319 e. The summed E-state index contributed by atoms with van der Waals surface area (Å²) in [6.45, 7) is 2.69. The van der Waals surface area contributed by atoms with Crippen LogP contribution in [0.5, 0.6) is 5.75 Å². The largest absolute Gasteiger partial charge is 0.495 e. The zero-order chi connectivity index (χ0) is 19.9. The van der Waals surface area contributed by atoms with Crippen molar-refractivity contribution in [3.05, 3.63) is 54.1 Å². The molecule has 1 saturated heterocycles. The molecule has 0 aliphatic carbocycles. The number of nitrogens with one attached hydrogen (secondary N) is 2. The van der Waals surface area contributed by atoms with E-state index in [1.54, 1.807) is 7.11 Å². The number of amides is 2. The van der Waals surface area contributed by atoms with E-state index >= 15 is 0 Å². The Hall–Kier alpha value is -2.73. The highest BCUT2D eigenvalue weighted by Gasteiger charge is 2.24. The molecule has 1 atom stereocenters. The predicted octanol–water partition coefficient (Wildman–Crippen LogP) is 3.72. The fraction of sp³-hybridized carbons (Fsp3) is 0.409. The van der Waals surface area contributed by atoms with Crippen LogP contribution in [-0.4, -0.2) is 51.8 Å². The number of ether oxygens (including phenoxy) is 1. The quantitative estimate of drug-likeness (QED) is 0.766. The van der Waals surface area contributed by atoms with Gasteiger partial charge in [0.15, 0.2) is 0 Å². The summed E-state index contributed by atoms with van der Waals surface area (Å²) in [5.74, 6) is 0.646. The number of rotatable bonds is 7. The first-order chi connectivity index (χ1) is 13.6. The van der Waals surface area contributed by atoms with Gasteiger partial charge >= 0.3 is 6.03 Å². The van der Waals surface area contributed by atoms with Gasteiger partial charge in [0.2, 0.25) is 0 Å². The number of carbonyl (C=O) groups is 1. The minimum absolute atomic E-state index is 0.169. The number of hydrogen-bond acceptors (Lipinski definition) is 4. The molecule has 3 rings (SSSR count). The Morgan fingerprint density at radius 1 is 1.11 bits per heavy atom. The third-order valence-corrected chi connectivity index (χ3v) is 5.19. The van der Waals surface area contributed by atoms with Crippen LogP contribution in [0, 0.1) is 0 Å². The maximum Gasteiger partial charge on any atom is 0.319 e. The highest BCUT2D eigenvalue weighted by molar-refractivity contribution is 5.90. The van der Waals surface area contributed by atoms with Crippen LogP contribution in [0.25, 0.3) is 0 Å². The van der Waals surface area contributed by atoms with E-state index < -0.39 is 0 Å². The molecule has 2 N–H and O–H groups in total. The summed E-state index contributed by atoms with van der Waals surface area (Å²) in [6.07, 6.45) is 2.42. The van der Waals surface area contributed by atoms with E-state index in [9.17, 15) is 4.79 Å². The van der Waals surface area contributed by atoms with Gasteiger partial charge in [-0.3, -0.25) is 4.90 Å². The first-order valence-corrected chi connectivity index (χ1v) is 9.77. The lowest BCUT2D eigenvalue weighted by Gasteiger charge is -2.28. The van der Waals surface area contributed by atoms with E-state index in [1.807, 2.05) is 38.4 Å². The lowest BCUT2D eigenvalue weighted by molar-refractivity contribution is 0.227. The molecule has 0 bridgehead atoms. The van der Waals surface area contributed by atoms with Crippen molar-refractivity contribution in [3.8, 4) is 5.75 Å². The van der Waals surface area contributed by atoms with Crippen molar-refractivity contribution in [2.75, 3.05) is 51.1 Å². The van der Waals surface area contributed by atoms with Crippen molar-refractivity contribution < 1.29 is 9.53 Å². The van der Waals surface area contributed by atoms with E-state index in [4.69, 9.17) is 4.74 Å². The van der Waals surface area contributed by atoms with Crippen molar-refractivity contribution in [3.63, 3.8) is 0 Å². The zero-order valence-corrected chi connectivity index (χ0v) is 16.9. The van der Waals surface area contributed by atoms with Gasteiger partial charge < -0.3 is 20.3 Å². The van der Waals surface area contributed by atoms with E-state index in [1.165, 1.54) is 24.1 Å². The molecule has 6 nitrogen and oxygen atoms in total. The number of anilines is 2. The Kier molecular flexibility index (Phi) is 6.76. The Bertz CT molecular complexity index is 770. The zero-order valence-electron chi connectivity index (χ0n) is 16.9. The first kappa shape index (κ1) is 20.0.